The molecule has 3 aromatic rings. The molecule has 1 aliphatic heterocycles. The van der Waals surface area contributed by atoms with Crippen LogP contribution in [0.5, 0.6) is 0 Å². The van der Waals surface area contributed by atoms with Crippen molar-refractivity contribution in [3.8, 4) is 10.6 Å². The zero-order valence-corrected chi connectivity index (χ0v) is 24.2. The van der Waals surface area contributed by atoms with Crippen molar-refractivity contribution in [1.82, 2.24) is 15.0 Å². The number of hydrogen-bond donors (Lipinski definition) is 0. The van der Waals surface area contributed by atoms with Gasteiger partial charge >= 0.3 is 0 Å². The van der Waals surface area contributed by atoms with Crippen molar-refractivity contribution < 1.29 is 0 Å². The molecule has 2 fully saturated rings. The van der Waals surface area contributed by atoms with E-state index >= 15 is 0 Å². The molecule has 3 aromatic heterocycles. The number of rotatable bonds is 3. The van der Waals surface area contributed by atoms with E-state index in [1.165, 1.54) is 55.2 Å². The number of hydrogen-bond acceptors (Lipinski definition) is 5. The van der Waals surface area contributed by atoms with Gasteiger partial charge in [-0.15, -0.1) is 17.9 Å². The molecule has 0 aromatic carbocycles. The van der Waals surface area contributed by atoms with Gasteiger partial charge in [0.2, 0.25) is 0 Å². The SMILES string of the molecule is [Rf].c1cc(N2C[CH-]CC2)ncc1-c1nc2ncc(C3CCCCCCC3)cc2s1. The molecule has 1 aliphatic carbocycles. The van der Waals surface area contributed by atoms with Crippen molar-refractivity contribution in [3.05, 3.63) is 42.6 Å². The number of anilines is 1. The third kappa shape index (κ3) is 4.07. The number of thiazole rings is 1. The van der Waals surface area contributed by atoms with E-state index in [0.717, 1.165) is 41.5 Å². The van der Waals surface area contributed by atoms with Crippen molar-refractivity contribution in [2.75, 3.05) is 18.0 Å². The Morgan fingerprint density at radius 1 is 1.00 bits per heavy atom. The van der Waals surface area contributed by atoms with Crippen molar-refractivity contribution in [2.45, 2.75) is 57.3 Å². The van der Waals surface area contributed by atoms with Gasteiger partial charge in [-0.3, -0.25) is 0 Å². The molecule has 1 saturated heterocycles. The normalized spacial score (nSPS) is 18.4. The van der Waals surface area contributed by atoms with E-state index < -0.39 is 0 Å². The summed E-state index contributed by atoms with van der Waals surface area (Å²) in [5.41, 5.74) is 3.36. The van der Waals surface area contributed by atoms with Crippen molar-refractivity contribution >= 4 is 27.5 Å². The number of aromatic nitrogens is 3. The number of fused-ring (bicyclic) bond motifs is 1. The van der Waals surface area contributed by atoms with Crippen LogP contribution in [0.25, 0.3) is 20.9 Å². The smallest absolute Gasteiger partial charge is 0.170 e. The average molecular weight is 659 g/mol. The molecule has 6 heteroatoms. The van der Waals surface area contributed by atoms with Crippen LogP contribution in [0.1, 0.15) is 62.8 Å². The Kier molecular flexibility index (Phi) is 5.70. The monoisotopic (exact) mass is 658 g/mol. The molecule has 4 heterocycles. The standard InChI is InChI=1S/C23H27N4S.Rf/c1-2-4-8-17(9-5-3-1)19-14-20-22(25-16-19)26-23(28-20)18-10-11-21(24-15-18)27-12-6-7-13-27;/h6,10-11,14-17H,1-5,7-9,12-13H2;/q-1;. The van der Waals surface area contributed by atoms with Crippen LogP contribution in [-0.2, 0) is 0 Å². The van der Waals surface area contributed by atoms with Crippen LogP contribution in [0.2, 0.25) is 0 Å². The van der Waals surface area contributed by atoms with E-state index in [-0.39, 0.29) is 0 Å². The summed E-state index contributed by atoms with van der Waals surface area (Å²) in [5, 5.41) is 1.02. The zero-order chi connectivity index (χ0) is 18.8. The van der Waals surface area contributed by atoms with Crippen LogP contribution in [0.4, 0.5) is 5.82 Å². The zero-order valence-electron chi connectivity index (χ0n) is 17.0. The van der Waals surface area contributed by atoms with Gasteiger partial charge in [-0.1, -0.05) is 32.1 Å². The van der Waals surface area contributed by atoms with Crippen LogP contribution < -0.4 is 4.90 Å². The minimum atomic E-state index is 0. The summed E-state index contributed by atoms with van der Waals surface area (Å²) in [4.78, 5) is 16.5. The van der Waals surface area contributed by atoms with Gasteiger partial charge in [0.25, 0.3) is 0 Å². The molecule has 4 nitrogen and oxygen atoms in total. The Morgan fingerprint density at radius 3 is 2.55 bits per heavy atom. The second-order valence-corrected chi connectivity index (χ2v) is 9.11. The molecule has 0 bridgehead atoms. The number of nitrogens with zero attached hydrogens (tertiary/aromatic N) is 4. The average Bonchev–Trinajstić information content (AvgIpc) is 3.37. The summed E-state index contributed by atoms with van der Waals surface area (Å²) in [7, 11) is 0. The fourth-order valence-electron chi connectivity index (χ4n) is 4.46. The summed E-state index contributed by atoms with van der Waals surface area (Å²) >= 11 is 1.74. The largest absolute Gasteiger partial charge is 0.389 e. The first-order valence-corrected chi connectivity index (χ1v) is 11.5. The van der Waals surface area contributed by atoms with Crippen LogP contribution in [-0.4, -0.2) is 28.0 Å². The molecule has 29 heavy (non-hydrogen) atoms. The molecular formula is C23H27N4RfS-. The first-order valence-electron chi connectivity index (χ1n) is 10.7. The third-order valence-electron chi connectivity index (χ3n) is 6.12. The minimum Gasteiger partial charge on any atom is -0.389 e. The maximum atomic E-state index is 4.78. The van der Waals surface area contributed by atoms with E-state index in [0.29, 0.717) is 5.92 Å². The van der Waals surface area contributed by atoms with E-state index in [9.17, 15) is 0 Å². The first kappa shape index (κ1) is 19.3. The van der Waals surface area contributed by atoms with Gasteiger partial charge in [0.05, 0.1) is 4.70 Å². The predicted molar refractivity (Wildman–Crippen MR) is 117 cm³/mol. The molecule has 0 atom stereocenters. The van der Waals surface area contributed by atoms with Gasteiger partial charge in [0.1, 0.15) is 10.8 Å². The van der Waals surface area contributed by atoms with E-state index in [1.54, 1.807) is 11.3 Å². The third-order valence-corrected chi connectivity index (χ3v) is 7.16. The van der Waals surface area contributed by atoms with Gasteiger partial charge < -0.3 is 11.3 Å². The van der Waals surface area contributed by atoms with Gasteiger partial charge in [-0.2, -0.15) is 6.42 Å². The van der Waals surface area contributed by atoms with Gasteiger partial charge in [-0.25, -0.2) is 15.0 Å². The van der Waals surface area contributed by atoms with Crippen LogP contribution >= 0.6 is 11.3 Å². The Labute approximate surface area is 171 Å². The van der Waals surface area contributed by atoms with Gasteiger partial charge in [-0.05, 0) is 49.1 Å². The molecule has 148 valence electrons. The molecule has 0 radical (unpaired) electrons. The van der Waals surface area contributed by atoms with Crippen LogP contribution in [0.3, 0.4) is 0 Å². The van der Waals surface area contributed by atoms with E-state index in [2.05, 4.69) is 40.7 Å². The molecule has 0 N–H and O–H groups in total. The maximum Gasteiger partial charge on any atom is 0.170 e. The Balaban J connectivity index is 0.00000205. The first-order chi connectivity index (χ1) is 13.9. The van der Waals surface area contributed by atoms with Gasteiger partial charge in [0, 0.05) is 18.0 Å². The quantitative estimate of drug-likeness (QED) is 0.325. The Hall–Kier alpha value is -3.01. The fraction of sp³-hybridized carbons (Fsp3) is 0.478. The maximum absolute atomic E-state index is 4.78. The summed E-state index contributed by atoms with van der Waals surface area (Å²) in [6.07, 6.45) is 17.0. The molecule has 2 aliphatic rings. The van der Waals surface area contributed by atoms with Crippen molar-refractivity contribution in [3.63, 3.8) is 0 Å². The predicted octanol–water partition coefficient (Wildman–Crippen LogP) is 6.00. The summed E-state index contributed by atoms with van der Waals surface area (Å²) in [5.74, 6) is 1.73. The Bertz CT molecular complexity index is 926. The molecule has 0 amide bonds. The topological polar surface area (TPSA) is 41.9 Å². The van der Waals surface area contributed by atoms with E-state index in [1.807, 2.05) is 6.20 Å². The number of pyridine rings is 2. The van der Waals surface area contributed by atoms with E-state index in [4.69, 9.17) is 9.97 Å². The molecule has 0 spiro atoms. The van der Waals surface area contributed by atoms with Gasteiger partial charge in [0.15, 0.2) is 5.65 Å². The molecule has 5 rings (SSSR count). The second-order valence-electron chi connectivity index (χ2n) is 8.08. The van der Waals surface area contributed by atoms with Crippen molar-refractivity contribution in [1.29, 1.82) is 0 Å². The summed E-state index contributed by atoms with van der Waals surface area (Å²) in [6, 6.07) is 6.61. The summed E-state index contributed by atoms with van der Waals surface area (Å²) < 4.78 is 1.20. The molecule has 0 unspecified atom stereocenters. The fourth-order valence-corrected chi connectivity index (χ4v) is 5.43. The summed E-state index contributed by atoms with van der Waals surface area (Å²) in [6.45, 7) is 2.07. The van der Waals surface area contributed by atoms with Crippen LogP contribution in [0.15, 0.2) is 30.6 Å². The second kappa shape index (κ2) is 8.56. The van der Waals surface area contributed by atoms with Crippen LogP contribution in [0, 0.1) is 6.42 Å². The molecular weight excluding hydrogens is 631 g/mol. The molecule has 1 saturated carbocycles. The minimum absolute atomic E-state index is 0. The Morgan fingerprint density at radius 2 is 1.83 bits per heavy atom. The van der Waals surface area contributed by atoms with Crippen molar-refractivity contribution in [2.24, 2.45) is 0 Å².